The van der Waals surface area contributed by atoms with Crippen LogP contribution < -0.4 is 0 Å². The molecule has 0 radical (unpaired) electrons. The molecule has 0 saturated carbocycles. The number of nitrogens with one attached hydrogen (secondary N) is 2. The Morgan fingerprint density at radius 2 is 1.65 bits per heavy atom. The fourth-order valence-corrected chi connectivity index (χ4v) is 4.92. The van der Waals surface area contributed by atoms with Crippen LogP contribution in [-0.2, 0) is 6.42 Å². The second-order valence-electron chi connectivity index (χ2n) is 8.04. The van der Waals surface area contributed by atoms with E-state index in [1.807, 2.05) is 65.6 Å². The first-order chi connectivity index (χ1) is 15.2. The van der Waals surface area contributed by atoms with Crippen molar-refractivity contribution in [2.75, 3.05) is 6.54 Å². The van der Waals surface area contributed by atoms with E-state index in [-0.39, 0.29) is 11.9 Å². The molecule has 5 heteroatoms. The Bertz CT molecular complexity index is 1400. The molecule has 2 N–H and O–H groups in total. The molecule has 3 heterocycles. The van der Waals surface area contributed by atoms with Gasteiger partial charge in [0.15, 0.2) is 0 Å². The third kappa shape index (κ3) is 2.94. The number of aromatic nitrogens is 2. The average molecular weight is 426 g/mol. The minimum atomic E-state index is -0.202. The topological polar surface area (TPSA) is 51.9 Å². The second kappa shape index (κ2) is 7.03. The lowest BCUT2D eigenvalue weighted by atomic mass is 9.92. The van der Waals surface area contributed by atoms with Gasteiger partial charge in [0.05, 0.1) is 6.04 Å². The van der Waals surface area contributed by atoms with Crippen LogP contribution in [0.4, 0.5) is 0 Å². The number of aromatic amines is 2. The Morgan fingerprint density at radius 3 is 2.45 bits per heavy atom. The Kier molecular flexibility index (Phi) is 4.15. The molecule has 1 atom stereocenters. The zero-order valence-corrected chi connectivity index (χ0v) is 17.5. The van der Waals surface area contributed by atoms with Crippen molar-refractivity contribution >= 4 is 39.3 Å². The fourth-order valence-electron chi connectivity index (χ4n) is 4.79. The number of amides is 1. The minimum absolute atomic E-state index is 0.000422. The molecule has 2 aromatic heterocycles. The van der Waals surface area contributed by atoms with Crippen LogP contribution in [0.2, 0.25) is 5.02 Å². The molecule has 152 valence electrons. The van der Waals surface area contributed by atoms with Crippen LogP contribution >= 0.6 is 11.6 Å². The summed E-state index contributed by atoms with van der Waals surface area (Å²) >= 11 is 6.16. The number of carbonyl (C=O) groups excluding carboxylic acids is 1. The normalized spacial score (nSPS) is 16.0. The molecule has 0 unspecified atom stereocenters. The van der Waals surface area contributed by atoms with E-state index in [1.165, 1.54) is 10.9 Å². The Morgan fingerprint density at radius 1 is 0.903 bits per heavy atom. The number of hydrogen-bond acceptors (Lipinski definition) is 1. The molecule has 4 nitrogen and oxygen atoms in total. The molecule has 0 saturated heterocycles. The fraction of sp³-hybridized carbons (Fsp3) is 0.115. The van der Waals surface area contributed by atoms with Gasteiger partial charge >= 0.3 is 0 Å². The maximum atomic E-state index is 13.7. The number of fused-ring (bicyclic) bond motifs is 4. The molecule has 6 rings (SSSR count). The van der Waals surface area contributed by atoms with Gasteiger partial charge in [-0.15, -0.1) is 0 Å². The molecule has 1 aliphatic heterocycles. The van der Waals surface area contributed by atoms with Gasteiger partial charge in [0.2, 0.25) is 0 Å². The van der Waals surface area contributed by atoms with Crippen molar-refractivity contribution in [1.82, 2.24) is 14.9 Å². The molecular formula is C26H20ClN3O. The number of rotatable bonds is 2. The minimum Gasteiger partial charge on any atom is -0.356 e. The number of carbonyl (C=O) groups is 1. The molecule has 0 bridgehead atoms. The number of halogens is 1. The summed E-state index contributed by atoms with van der Waals surface area (Å²) in [6, 6.07) is 25.9. The highest BCUT2D eigenvalue weighted by Gasteiger charge is 2.35. The largest absolute Gasteiger partial charge is 0.356 e. The molecule has 0 aliphatic carbocycles. The first-order valence-electron chi connectivity index (χ1n) is 10.4. The van der Waals surface area contributed by atoms with Gasteiger partial charge in [-0.2, -0.15) is 0 Å². The van der Waals surface area contributed by atoms with Crippen molar-refractivity contribution in [3.63, 3.8) is 0 Å². The van der Waals surface area contributed by atoms with Crippen molar-refractivity contribution in [2.45, 2.75) is 12.5 Å². The molecule has 5 aromatic rings. The predicted molar refractivity (Wildman–Crippen MR) is 125 cm³/mol. The Balaban J connectivity index is 1.50. The van der Waals surface area contributed by atoms with Gasteiger partial charge in [-0.3, -0.25) is 4.79 Å². The van der Waals surface area contributed by atoms with E-state index in [2.05, 4.69) is 28.2 Å². The summed E-state index contributed by atoms with van der Waals surface area (Å²) in [4.78, 5) is 22.6. The highest BCUT2D eigenvalue weighted by Crippen LogP contribution is 2.39. The van der Waals surface area contributed by atoms with E-state index in [0.717, 1.165) is 34.1 Å². The van der Waals surface area contributed by atoms with Crippen LogP contribution in [0.25, 0.3) is 21.8 Å². The zero-order chi connectivity index (χ0) is 20.9. The van der Waals surface area contributed by atoms with Gasteiger partial charge in [-0.1, -0.05) is 60.1 Å². The smallest absolute Gasteiger partial charge is 0.271 e. The molecule has 3 aromatic carbocycles. The predicted octanol–water partition coefficient (Wildman–Crippen LogP) is 6.09. The van der Waals surface area contributed by atoms with Gasteiger partial charge in [0, 0.05) is 39.1 Å². The molecule has 1 amide bonds. The number of nitrogens with zero attached hydrogens (tertiary/aromatic N) is 1. The van der Waals surface area contributed by atoms with Crippen LogP contribution in [0.3, 0.4) is 0 Å². The van der Waals surface area contributed by atoms with Gasteiger partial charge < -0.3 is 14.9 Å². The van der Waals surface area contributed by atoms with Gasteiger partial charge in [0.1, 0.15) is 5.69 Å². The Labute approximate surface area is 184 Å². The highest BCUT2D eigenvalue weighted by atomic mass is 35.5. The van der Waals surface area contributed by atoms with Crippen LogP contribution in [0.1, 0.15) is 33.4 Å². The monoisotopic (exact) mass is 425 g/mol. The van der Waals surface area contributed by atoms with E-state index in [9.17, 15) is 4.79 Å². The number of para-hydroxylation sites is 2. The van der Waals surface area contributed by atoms with E-state index < -0.39 is 0 Å². The Hall–Kier alpha value is -3.50. The SMILES string of the molecule is O=C(c1cc2ccccc2[nH]1)N1CCc2c([nH]c3ccccc23)[C@H]1c1ccc(Cl)cc1. The lowest BCUT2D eigenvalue weighted by Crippen LogP contribution is -2.40. The summed E-state index contributed by atoms with van der Waals surface area (Å²) in [5, 5.41) is 2.95. The highest BCUT2D eigenvalue weighted by molar-refractivity contribution is 6.30. The van der Waals surface area contributed by atoms with Crippen molar-refractivity contribution < 1.29 is 4.79 Å². The maximum Gasteiger partial charge on any atom is 0.271 e. The third-order valence-corrected chi connectivity index (χ3v) is 6.49. The average Bonchev–Trinajstić information content (AvgIpc) is 3.40. The molecule has 0 spiro atoms. The van der Waals surface area contributed by atoms with Gasteiger partial charge in [0.25, 0.3) is 5.91 Å². The van der Waals surface area contributed by atoms with Crippen molar-refractivity contribution in [1.29, 1.82) is 0 Å². The van der Waals surface area contributed by atoms with E-state index >= 15 is 0 Å². The zero-order valence-electron chi connectivity index (χ0n) is 16.7. The molecule has 0 fully saturated rings. The summed E-state index contributed by atoms with van der Waals surface area (Å²) in [7, 11) is 0. The summed E-state index contributed by atoms with van der Waals surface area (Å²) in [5.41, 5.74) is 6.10. The number of H-pyrrole nitrogens is 2. The molecule has 31 heavy (non-hydrogen) atoms. The van der Waals surface area contributed by atoms with Crippen LogP contribution in [-0.4, -0.2) is 27.3 Å². The number of benzene rings is 3. The van der Waals surface area contributed by atoms with Crippen molar-refractivity contribution in [3.05, 3.63) is 106 Å². The summed E-state index contributed by atoms with van der Waals surface area (Å²) in [6.45, 7) is 0.649. The first-order valence-corrected chi connectivity index (χ1v) is 10.8. The van der Waals surface area contributed by atoms with Crippen molar-refractivity contribution in [3.8, 4) is 0 Å². The quantitative estimate of drug-likeness (QED) is 0.353. The van der Waals surface area contributed by atoms with Crippen LogP contribution in [0.15, 0.2) is 78.9 Å². The lowest BCUT2D eigenvalue weighted by Gasteiger charge is -2.36. The van der Waals surface area contributed by atoms with Crippen LogP contribution in [0, 0.1) is 0 Å². The van der Waals surface area contributed by atoms with Crippen molar-refractivity contribution in [2.24, 2.45) is 0 Å². The summed E-state index contributed by atoms with van der Waals surface area (Å²) < 4.78 is 0. The van der Waals surface area contributed by atoms with Gasteiger partial charge in [-0.05, 0) is 47.9 Å². The lowest BCUT2D eigenvalue weighted by molar-refractivity contribution is 0.0687. The van der Waals surface area contributed by atoms with E-state index in [0.29, 0.717) is 17.3 Å². The summed E-state index contributed by atoms with van der Waals surface area (Å²) in [5.74, 6) is 0.000422. The summed E-state index contributed by atoms with van der Waals surface area (Å²) in [6.07, 6.45) is 0.815. The number of hydrogen-bond donors (Lipinski definition) is 2. The third-order valence-electron chi connectivity index (χ3n) is 6.24. The standard InChI is InChI=1S/C26H20ClN3O/c27-18-11-9-16(10-12-18)25-24-20(19-6-2-4-8-22(19)29-24)13-14-30(25)26(31)23-15-17-5-1-3-7-21(17)28-23/h1-12,15,25,28-29H,13-14H2/t25-/m1/s1. The second-order valence-corrected chi connectivity index (χ2v) is 8.47. The van der Waals surface area contributed by atoms with Crippen LogP contribution in [0.5, 0.6) is 0 Å². The van der Waals surface area contributed by atoms with Gasteiger partial charge in [-0.25, -0.2) is 0 Å². The maximum absolute atomic E-state index is 13.7. The first kappa shape index (κ1) is 18.3. The molecule has 1 aliphatic rings. The molecular weight excluding hydrogens is 406 g/mol. The van der Waals surface area contributed by atoms with E-state index in [1.54, 1.807) is 0 Å². The van der Waals surface area contributed by atoms with E-state index in [4.69, 9.17) is 11.6 Å².